The Hall–Kier alpha value is -0.480. The standard InChI is InChI=1S/C16H30O/c1-2-3-4-5-6-7-8-9-10-11-12-13-14-15-16-17/h17H,2-4,7-16H2,1H3. The number of hydrogen-bond acceptors (Lipinski definition) is 1. The quantitative estimate of drug-likeness (QED) is 0.409. The molecule has 0 amide bonds. The second-order valence-corrected chi connectivity index (χ2v) is 4.76. The number of hydrogen-bond donors (Lipinski definition) is 1. The Kier molecular flexibility index (Phi) is 15.1. The van der Waals surface area contributed by atoms with Crippen LogP contribution >= 0.6 is 0 Å². The molecule has 1 N–H and O–H groups in total. The van der Waals surface area contributed by atoms with Crippen LogP contribution in [0, 0.1) is 11.8 Å². The minimum Gasteiger partial charge on any atom is -0.396 e. The van der Waals surface area contributed by atoms with Gasteiger partial charge in [0.2, 0.25) is 0 Å². The van der Waals surface area contributed by atoms with E-state index in [2.05, 4.69) is 18.8 Å². The van der Waals surface area contributed by atoms with Crippen molar-refractivity contribution in [1.82, 2.24) is 0 Å². The molecule has 0 saturated carbocycles. The van der Waals surface area contributed by atoms with Gasteiger partial charge >= 0.3 is 0 Å². The summed E-state index contributed by atoms with van der Waals surface area (Å²) in [4.78, 5) is 0. The highest BCUT2D eigenvalue weighted by Gasteiger charge is 1.91. The molecule has 17 heavy (non-hydrogen) atoms. The smallest absolute Gasteiger partial charge is 0.0431 e. The molecule has 0 aromatic heterocycles. The molecule has 0 atom stereocenters. The Morgan fingerprint density at radius 1 is 0.647 bits per heavy atom. The van der Waals surface area contributed by atoms with E-state index >= 15 is 0 Å². The first-order chi connectivity index (χ1) is 8.41. The summed E-state index contributed by atoms with van der Waals surface area (Å²) in [6.07, 6.45) is 14.8. The molecule has 0 spiro atoms. The van der Waals surface area contributed by atoms with Crippen LogP contribution in [0.1, 0.15) is 84.0 Å². The van der Waals surface area contributed by atoms with Gasteiger partial charge in [0.1, 0.15) is 0 Å². The van der Waals surface area contributed by atoms with Crippen LogP contribution < -0.4 is 0 Å². The molecule has 0 aliphatic carbocycles. The zero-order chi connectivity index (χ0) is 12.6. The van der Waals surface area contributed by atoms with Crippen molar-refractivity contribution in [2.75, 3.05) is 6.61 Å². The first-order valence-electron chi connectivity index (χ1n) is 7.48. The second-order valence-electron chi connectivity index (χ2n) is 4.76. The van der Waals surface area contributed by atoms with Gasteiger partial charge in [-0.3, -0.25) is 0 Å². The number of aliphatic hydroxyl groups is 1. The molecule has 0 saturated heterocycles. The van der Waals surface area contributed by atoms with Gasteiger partial charge in [0.25, 0.3) is 0 Å². The molecule has 0 heterocycles. The van der Waals surface area contributed by atoms with Crippen LogP contribution in [0.15, 0.2) is 0 Å². The molecule has 0 rings (SSSR count). The zero-order valence-corrected chi connectivity index (χ0v) is 11.6. The molecule has 0 fully saturated rings. The van der Waals surface area contributed by atoms with Crippen molar-refractivity contribution in [3.8, 4) is 11.8 Å². The Balaban J connectivity index is 2.99. The van der Waals surface area contributed by atoms with Crippen LogP contribution in [0.2, 0.25) is 0 Å². The van der Waals surface area contributed by atoms with Gasteiger partial charge in [0.15, 0.2) is 0 Å². The van der Waals surface area contributed by atoms with Crippen molar-refractivity contribution in [2.24, 2.45) is 0 Å². The molecule has 0 radical (unpaired) electrons. The van der Waals surface area contributed by atoms with E-state index in [9.17, 15) is 0 Å². The molecule has 0 aromatic carbocycles. The minimum absolute atomic E-state index is 0.358. The fourth-order valence-electron chi connectivity index (χ4n) is 1.83. The molecule has 0 aliphatic heterocycles. The van der Waals surface area contributed by atoms with E-state index in [4.69, 9.17) is 5.11 Å². The summed E-state index contributed by atoms with van der Waals surface area (Å²) >= 11 is 0. The fraction of sp³-hybridized carbons (Fsp3) is 0.875. The third-order valence-electron chi connectivity index (χ3n) is 2.99. The van der Waals surface area contributed by atoms with E-state index in [1.807, 2.05) is 0 Å². The molecule has 0 aromatic rings. The van der Waals surface area contributed by atoms with Crippen molar-refractivity contribution in [2.45, 2.75) is 84.0 Å². The third kappa shape index (κ3) is 15.5. The van der Waals surface area contributed by atoms with Gasteiger partial charge in [-0.1, -0.05) is 51.9 Å². The molecule has 1 heteroatoms. The predicted octanol–water partition coefficient (Wildman–Crippen LogP) is 4.68. The van der Waals surface area contributed by atoms with Crippen LogP contribution in [0.4, 0.5) is 0 Å². The van der Waals surface area contributed by atoms with E-state index in [1.165, 1.54) is 57.8 Å². The highest BCUT2D eigenvalue weighted by Crippen LogP contribution is 2.09. The summed E-state index contributed by atoms with van der Waals surface area (Å²) in [5, 5.41) is 8.63. The molecular formula is C16H30O. The Bertz CT molecular complexity index is 187. The maximum atomic E-state index is 8.63. The largest absolute Gasteiger partial charge is 0.396 e. The normalized spacial score (nSPS) is 10.0. The summed E-state index contributed by atoms with van der Waals surface area (Å²) < 4.78 is 0. The van der Waals surface area contributed by atoms with E-state index in [-0.39, 0.29) is 0 Å². The van der Waals surface area contributed by atoms with Gasteiger partial charge in [-0.15, -0.1) is 11.8 Å². The Morgan fingerprint density at radius 2 is 1.12 bits per heavy atom. The summed E-state index contributed by atoms with van der Waals surface area (Å²) in [6.45, 7) is 2.57. The summed E-state index contributed by atoms with van der Waals surface area (Å²) in [7, 11) is 0. The number of rotatable bonds is 11. The number of unbranched alkanes of at least 4 members (excludes halogenated alkanes) is 10. The van der Waals surface area contributed by atoms with Crippen LogP contribution in [0.3, 0.4) is 0 Å². The van der Waals surface area contributed by atoms with Crippen molar-refractivity contribution in [3.05, 3.63) is 0 Å². The van der Waals surface area contributed by atoms with Crippen LogP contribution in [0.5, 0.6) is 0 Å². The van der Waals surface area contributed by atoms with E-state index in [0.717, 1.165) is 19.3 Å². The van der Waals surface area contributed by atoms with E-state index in [1.54, 1.807) is 0 Å². The zero-order valence-electron chi connectivity index (χ0n) is 11.6. The topological polar surface area (TPSA) is 20.2 Å². The third-order valence-corrected chi connectivity index (χ3v) is 2.99. The maximum absolute atomic E-state index is 8.63. The van der Waals surface area contributed by atoms with Crippen molar-refractivity contribution < 1.29 is 5.11 Å². The van der Waals surface area contributed by atoms with Crippen molar-refractivity contribution in [1.29, 1.82) is 0 Å². The van der Waals surface area contributed by atoms with Gasteiger partial charge in [-0.05, 0) is 19.3 Å². The van der Waals surface area contributed by atoms with Gasteiger partial charge in [-0.2, -0.15) is 0 Å². The van der Waals surface area contributed by atoms with E-state index < -0.39 is 0 Å². The van der Waals surface area contributed by atoms with Gasteiger partial charge in [-0.25, -0.2) is 0 Å². The summed E-state index contributed by atoms with van der Waals surface area (Å²) in [6, 6.07) is 0. The van der Waals surface area contributed by atoms with Gasteiger partial charge < -0.3 is 5.11 Å². The van der Waals surface area contributed by atoms with Crippen LogP contribution in [-0.4, -0.2) is 11.7 Å². The molecular weight excluding hydrogens is 208 g/mol. The minimum atomic E-state index is 0.358. The lowest BCUT2D eigenvalue weighted by atomic mass is 10.1. The van der Waals surface area contributed by atoms with Crippen molar-refractivity contribution >= 4 is 0 Å². The Morgan fingerprint density at radius 3 is 1.65 bits per heavy atom. The average Bonchev–Trinajstić information content (AvgIpc) is 2.35. The van der Waals surface area contributed by atoms with Crippen LogP contribution in [-0.2, 0) is 0 Å². The Labute approximate surface area is 108 Å². The van der Waals surface area contributed by atoms with Gasteiger partial charge in [0, 0.05) is 19.4 Å². The first-order valence-corrected chi connectivity index (χ1v) is 7.48. The number of aliphatic hydroxyl groups excluding tert-OH is 1. The highest BCUT2D eigenvalue weighted by atomic mass is 16.2. The van der Waals surface area contributed by atoms with E-state index in [0.29, 0.717) is 6.61 Å². The predicted molar refractivity (Wildman–Crippen MR) is 75.9 cm³/mol. The lowest BCUT2D eigenvalue weighted by molar-refractivity contribution is 0.282. The summed E-state index contributed by atoms with van der Waals surface area (Å²) in [5.74, 6) is 6.50. The molecule has 0 bridgehead atoms. The van der Waals surface area contributed by atoms with Gasteiger partial charge in [0.05, 0.1) is 0 Å². The second kappa shape index (κ2) is 15.5. The summed E-state index contributed by atoms with van der Waals surface area (Å²) in [5.41, 5.74) is 0. The lowest BCUT2D eigenvalue weighted by Crippen LogP contribution is -1.84. The van der Waals surface area contributed by atoms with Crippen molar-refractivity contribution in [3.63, 3.8) is 0 Å². The molecule has 1 nitrogen and oxygen atoms in total. The van der Waals surface area contributed by atoms with Crippen LogP contribution in [0.25, 0.3) is 0 Å². The molecule has 100 valence electrons. The monoisotopic (exact) mass is 238 g/mol. The highest BCUT2D eigenvalue weighted by molar-refractivity contribution is 4.98. The fourth-order valence-corrected chi connectivity index (χ4v) is 1.83. The maximum Gasteiger partial charge on any atom is 0.0431 e. The average molecular weight is 238 g/mol. The lowest BCUT2D eigenvalue weighted by Gasteiger charge is -1.99. The molecule has 0 unspecified atom stereocenters. The molecule has 0 aliphatic rings. The SMILES string of the molecule is CCCCC#CCCCCCCCCCCO. The first kappa shape index (κ1) is 16.5.